The zero-order valence-electron chi connectivity index (χ0n) is 16.9. The van der Waals surface area contributed by atoms with Crippen molar-refractivity contribution in [2.75, 3.05) is 11.9 Å². The molecule has 0 aliphatic rings. The van der Waals surface area contributed by atoms with E-state index in [0.717, 1.165) is 5.56 Å². The third-order valence-corrected chi connectivity index (χ3v) is 6.11. The van der Waals surface area contributed by atoms with E-state index in [1.807, 2.05) is 19.1 Å². The topological polar surface area (TPSA) is 67.8 Å². The molecule has 0 atom stereocenters. The molecule has 0 unspecified atom stereocenters. The van der Waals surface area contributed by atoms with E-state index >= 15 is 0 Å². The highest BCUT2D eigenvalue weighted by Gasteiger charge is 2.15. The van der Waals surface area contributed by atoms with Crippen molar-refractivity contribution in [1.82, 2.24) is 0 Å². The molecule has 0 aliphatic carbocycles. The van der Waals surface area contributed by atoms with Crippen LogP contribution in [0, 0.1) is 0 Å². The molecule has 0 radical (unpaired) electrons. The van der Waals surface area contributed by atoms with Crippen LogP contribution in [-0.2, 0) is 13.2 Å². The molecule has 168 valence electrons. The molecule has 32 heavy (non-hydrogen) atoms. The van der Waals surface area contributed by atoms with Crippen LogP contribution in [0.3, 0.4) is 0 Å². The Kier molecular flexibility index (Phi) is 8.54. The number of nitrogens with one attached hydrogen (secondary N) is 1. The molecule has 0 saturated heterocycles. The Morgan fingerprint density at radius 3 is 2.41 bits per heavy atom. The minimum absolute atomic E-state index is 0.0369. The van der Waals surface area contributed by atoms with Crippen LogP contribution in [0.25, 0.3) is 0 Å². The molecule has 5 nitrogen and oxygen atoms in total. The predicted octanol–water partition coefficient (Wildman–Crippen LogP) is 7.70. The molecule has 0 heterocycles. The van der Waals surface area contributed by atoms with E-state index in [4.69, 9.17) is 44.3 Å². The maximum Gasteiger partial charge on any atom is 0.337 e. The molecule has 0 aromatic heterocycles. The van der Waals surface area contributed by atoms with Crippen molar-refractivity contribution >= 4 is 62.4 Å². The summed E-state index contributed by atoms with van der Waals surface area (Å²) < 4.78 is 12.5. The van der Waals surface area contributed by atoms with Crippen LogP contribution in [0.1, 0.15) is 28.4 Å². The maximum absolute atomic E-state index is 11.3. The van der Waals surface area contributed by atoms with Crippen molar-refractivity contribution in [3.8, 4) is 11.5 Å². The van der Waals surface area contributed by atoms with E-state index in [-0.39, 0.29) is 17.2 Å². The van der Waals surface area contributed by atoms with E-state index < -0.39 is 5.97 Å². The van der Waals surface area contributed by atoms with E-state index in [1.165, 1.54) is 6.07 Å². The number of carboxylic acids is 1. The summed E-state index contributed by atoms with van der Waals surface area (Å²) in [5, 5.41) is 13.7. The third kappa shape index (κ3) is 6.01. The van der Waals surface area contributed by atoms with Crippen LogP contribution in [0.4, 0.5) is 5.69 Å². The average Bonchev–Trinajstić information content (AvgIpc) is 2.74. The molecule has 9 heteroatoms. The fourth-order valence-corrected chi connectivity index (χ4v) is 4.25. The summed E-state index contributed by atoms with van der Waals surface area (Å²) in [5.74, 6) is 0.00979. The first-order valence-corrected chi connectivity index (χ1v) is 11.5. The fourth-order valence-electron chi connectivity index (χ4n) is 2.94. The van der Waals surface area contributed by atoms with Gasteiger partial charge in [0.05, 0.1) is 21.7 Å². The van der Waals surface area contributed by atoms with Crippen molar-refractivity contribution in [3.63, 3.8) is 0 Å². The van der Waals surface area contributed by atoms with Gasteiger partial charge in [-0.1, -0.05) is 40.9 Å². The number of ether oxygens (including phenoxy) is 2. The van der Waals surface area contributed by atoms with E-state index in [0.29, 0.717) is 50.4 Å². The lowest BCUT2D eigenvalue weighted by atomic mass is 10.1. The van der Waals surface area contributed by atoms with Gasteiger partial charge in [-0.05, 0) is 70.9 Å². The van der Waals surface area contributed by atoms with Gasteiger partial charge in [0.2, 0.25) is 0 Å². The predicted molar refractivity (Wildman–Crippen MR) is 132 cm³/mol. The number of hydrogen-bond donors (Lipinski definition) is 2. The third-order valence-electron chi connectivity index (χ3n) is 4.49. The number of halogens is 4. The smallest absolute Gasteiger partial charge is 0.337 e. The van der Waals surface area contributed by atoms with Gasteiger partial charge in [0.1, 0.15) is 6.61 Å². The van der Waals surface area contributed by atoms with E-state index in [1.54, 1.807) is 30.3 Å². The second kappa shape index (κ2) is 11.1. The van der Waals surface area contributed by atoms with Gasteiger partial charge < -0.3 is 19.9 Å². The maximum atomic E-state index is 11.3. The molecule has 0 amide bonds. The lowest BCUT2D eigenvalue weighted by Crippen LogP contribution is -2.05. The zero-order valence-corrected chi connectivity index (χ0v) is 20.8. The van der Waals surface area contributed by atoms with Gasteiger partial charge in [-0.2, -0.15) is 0 Å². The lowest BCUT2D eigenvalue weighted by molar-refractivity contribution is 0.0697. The molecule has 3 aromatic rings. The standard InChI is InChI=1S/C23H19BrCl3NO4/c1-2-31-21-9-13(11-28-14-6-7-20(27)15(10-14)23(29)30)8-17(24)22(21)32-12-16-18(25)4-3-5-19(16)26/h3-10,28H,2,11-12H2,1H3,(H,29,30). The Hall–Kier alpha value is -2.12. The minimum Gasteiger partial charge on any atom is -0.490 e. The van der Waals surface area contributed by atoms with Crippen LogP contribution in [0.15, 0.2) is 53.0 Å². The quantitative estimate of drug-likeness (QED) is 0.281. The number of anilines is 1. The SMILES string of the molecule is CCOc1cc(CNc2ccc(Cl)c(C(=O)O)c2)cc(Br)c1OCc1c(Cl)cccc1Cl. The highest BCUT2D eigenvalue weighted by Crippen LogP contribution is 2.38. The Morgan fingerprint density at radius 1 is 1.03 bits per heavy atom. The molecule has 3 aromatic carbocycles. The second-order valence-electron chi connectivity index (χ2n) is 6.68. The summed E-state index contributed by atoms with van der Waals surface area (Å²) >= 11 is 22.0. The number of rotatable bonds is 9. The van der Waals surface area contributed by atoms with Crippen LogP contribution in [-0.4, -0.2) is 17.7 Å². The van der Waals surface area contributed by atoms with Gasteiger partial charge in [0.15, 0.2) is 11.5 Å². The zero-order chi connectivity index (χ0) is 23.3. The largest absolute Gasteiger partial charge is 0.490 e. The Balaban J connectivity index is 1.79. The Bertz CT molecular complexity index is 1120. The molecule has 3 rings (SSSR count). The summed E-state index contributed by atoms with van der Waals surface area (Å²) in [6, 6.07) is 13.8. The first-order valence-electron chi connectivity index (χ1n) is 9.57. The number of benzene rings is 3. The Labute approximate surface area is 209 Å². The van der Waals surface area contributed by atoms with Gasteiger partial charge in [-0.3, -0.25) is 0 Å². The lowest BCUT2D eigenvalue weighted by Gasteiger charge is -2.17. The molecule has 2 N–H and O–H groups in total. The molecule has 0 fully saturated rings. The molecule has 0 aliphatic heterocycles. The molecule has 0 spiro atoms. The van der Waals surface area contributed by atoms with Crippen LogP contribution in [0.5, 0.6) is 11.5 Å². The van der Waals surface area contributed by atoms with Gasteiger partial charge in [0, 0.05) is 27.8 Å². The van der Waals surface area contributed by atoms with Gasteiger partial charge in [-0.25, -0.2) is 4.79 Å². The van der Waals surface area contributed by atoms with Crippen molar-refractivity contribution in [2.24, 2.45) is 0 Å². The fraction of sp³-hybridized carbons (Fsp3) is 0.174. The highest BCUT2D eigenvalue weighted by atomic mass is 79.9. The molecule has 0 saturated carbocycles. The van der Waals surface area contributed by atoms with Crippen molar-refractivity contribution in [2.45, 2.75) is 20.1 Å². The summed E-state index contributed by atoms with van der Waals surface area (Å²) in [6.07, 6.45) is 0. The Morgan fingerprint density at radius 2 is 1.75 bits per heavy atom. The van der Waals surface area contributed by atoms with Gasteiger partial charge >= 0.3 is 5.97 Å². The second-order valence-corrected chi connectivity index (χ2v) is 8.76. The van der Waals surface area contributed by atoms with Gasteiger partial charge in [0.25, 0.3) is 0 Å². The van der Waals surface area contributed by atoms with Gasteiger partial charge in [-0.15, -0.1) is 0 Å². The van der Waals surface area contributed by atoms with E-state index in [2.05, 4.69) is 21.2 Å². The van der Waals surface area contributed by atoms with Crippen LogP contribution >= 0.6 is 50.7 Å². The highest BCUT2D eigenvalue weighted by molar-refractivity contribution is 9.10. The summed E-state index contributed by atoms with van der Waals surface area (Å²) in [7, 11) is 0. The normalized spacial score (nSPS) is 10.7. The number of hydrogen-bond acceptors (Lipinski definition) is 4. The first kappa shape index (κ1) is 24.5. The van der Waals surface area contributed by atoms with Crippen LogP contribution < -0.4 is 14.8 Å². The van der Waals surface area contributed by atoms with Crippen LogP contribution in [0.2, 0.25) is 15.1 Å². The first-order chi connectivity index (χ1) is 15.3. The summed E-state index contributed by atoms with van der Waals surface area (Å²) in [5.41, 5.74) is 2.26. The van der Waals surface area contributed by atoms with Crippen molar-refractivity contribution in [1.29, 1.82) is 0 Å². The van der Waals surface area contributed by atoms with E-state index in [9.17, 15) is 9.90 Å². The monoisotopic (exact) mass is 557 g/mol. The number of carbonyl (C=O) groups is 1. The summed E-state index contributed by atoms with van der Waals surface area (Å²) in [4.78, 5) is 11.3. The molecular weight excluding hydrogens is 541 g/mol. The number of carboxylic acid groups (broad SMARTS) is 1. The minimum atomic E-state index is -1.08. The molecular formula is C23H19BrCl3NO4. The summed E-state index contributed by atoms with van der Waals surface area (Å²) in [6.45, 7) is 2.94. The van der Waals surface area contributed by atoms with Crippen molar-refractivity contribution < 1.29 is 19.4 Å². The number of aromatic carboxylic acids is 1. The average molecular weight is 560 g/mol. The molecule has 0 bridgehead atoms. The van der Waals surface area contributed by atoms with Crippen molar-refractivity contribution in [3.05, 3.63) is 84.8 Å².